The van der Waals surface area contributed by atoms with Gasteiger partial charge in [-0.25, -0.2) is 0 Å². The van der Waals surface area contributed by atoms with Crippen LogP contribution >= 0.6 is 0 Å². The molecule has 3 rings (SSSR count). The van der Waals surface area contributed by atoms with Crippen LogP contribution in [0, 0.1) is 5.92 Å². The summed E-state index contributed by atoms with van der Waals surface area (Å²) in [5.74, 6) is 1.70. The highest BCUT2D eigenvalue weighted by Crippen LogP contribution is 2.33. The minimum Gasteiger partial charge on any atom is -0.307 e. The number of nitrogens with zero attached hydrogens (tertiary/aromatic N) is 4. The average Bonchev–Trinajstić information content (AvgIpc) is 3.04. The van der Waals surface area contributed by atoms with E-state index in [2.05, 4.69) is 27.8 Å². The zero-order valence-corrected chi connectivity index (χ0v) is 10.5. The number of hydrogen-bond donors (Lipinski definition) is 1. The third-order valence-electron chi connectivity index (χ3n) is 3.50. The molecule has 2 atom stereocenters. The molecule has 5 heteroatoms. The average molecular weight is 243 g/mol. The Bertz CT molecular complexity index is 507. The first-order valence-electron chi connectivity index (χ1n) is 6.44. The van der Waals surface area contributed by atoms with E-state index in [0.29, 0.717) is 6.04 Å². The molecule has 1 aromatic carbocycles. The third kappa shape index (κ3) is 2.26. The first kappa shape index (κ1) is 11.3. The van der Waals surface area contributed by atoms with E-state index in [4.69, 9.17) is 0 Å². The summed E-state index contributed by atoms with van der Waals surface area (Å²) in [4.78, 5) is 0. The van der Waals surface area contributed by atoms with Crippen molar-refractivity contribution in [3.05, 3.63) is 36.2 Å². The summed E-state index contributed by atoms with van der Waals surface area (Å²) in [7, 11) is 0. The lowest BCUT2D eigenvalue weighted by Gasteiger charge is -2.05. The number of nitrogens with one attached hydrogen (secondary N) is 1. The lowest BCUT2D eigenvalue weighted by atomic mass is 10.3. The summed E-state index contributed by atoms with van der Waals surface area (Å²) in [6.07, 6.45) is 2.53. The quantitative estimate of drug-likeness (QED) is 0.865. The molecule has 1 aliphatic carbocycles. The number of para-hydroxylation sites is 1. The summed E-state index contributed by atoms with van der Waals surface area (Å²) in [5.41, 5.74) is 1.00. The zero-order chi connectivity index (χ0) is 12.4. The van der Waals surface area contributed by atoms with Gasteiger partial charge in [-0.15, -0.1) is 5.10 Å². The second-order valence-corrected chi connectivity index (χ2v) is 4.73. The minimum absolute atomic E-state index is 0.649. The number of hydrogen-bond acceptors (Lipinski definition) is 4. The number of tetrazole rings is 1. The van der Waals surface area contributed by atoms with Gasteiger partial charge in [0, 0.05) is 6.04 Å². The van der Waals surface area contributed by atoms with E-state index in [1.54, 1.807) is 4.68 Å². The van der Waals surface area contributed by atoms with Crippen molar-refractivity contribution in [2.24, 2.45) is 5.92 Å². The van der Waals surface area contributed by atoms with Crippen LogP contribution in [0.5, 0.6) is 0 Å². The maximum atomic E-state index is 4.08. The van der Waals surface area contributed by atoms with E-state index in [0.717, 1.165) is 24.0 Å². The molecular formula is C13H17N5. The lowest BCUT2D eigenvalue weighted by molar-refractivity contribution is 0.595. The Morgan fingerprint density at radius 1 is 1.33 bits per heavy atom. The van der Waals surface area contributed by atoms with Crippen LogP contribution in [0.2, 0.25) is 0 Å². The van der Waals surface area contributed by atoms with Gasteiger partial charge in [-0.1, -0.05) is 31.5 Å². The van der Waals surface area contributed by atoms with Gasteiger partial charge < -0.3 is 5.32 Å². The van der Waals surface area contributed by atoms with Crippen molar-refractivity contribution >= 4 is 0 Å². The van der Waals surface area contributed by atoms with Crippen LogP contribution in [0.15, 0.2) is 30.3 Å². The molecule has 0 bridgehead atoms. The SMILES string of the molecule is CCC1CC1NCc1nnnn1-c1ccccc1. The molecule has 1 aliphatic rings. The molecule has 2 unspecified atom stereocenters. The molecule has 2 aromatic rings. The zero-order valence-electron chi connectivity index (χ0n) is 10.5. The van der Waals surface area contributed by atoms with Gasteiger partial charge in [0.15, 0.2) is 5.82 Å². The van der Waals surface area contributed by atoms with Gasteiger partial charge >= 0.3 is 0 Å². The fourth-order valence-corrected chi connectivity index (χ4v) is 2.26. The van der Waals surface area contributed by atoms with E-state index >= 15 is 0 Å². The second-order valence-electron chi connectivity index (χ2n) is 4.73. The van der Waals surface area contributed by atoms with Gasteiger partial charge in [0.25, 0.3) is 0 Å². The Labute approximate surface area is 106 Å². The van der Waals surface area contributed by atoms with Crippen molar-refractivity contribution in [2.75, 3.05) is 0 Å². The Morgan fingerprint density at radius 2 is 2.17 bits per heavy atom. The summed E-state index contributed by atoms with van der Waals surface area (Å²) in [6, 6.07) is 10.6. The highest BCUT2D eigenvalue weighted by Gasteiger charge is 2.34. The Kier molecular flexibility index (Phi) is 3.06. The maximum Gasteiger partial charge on any atom is 0.170 e. The standard InChI is InChI=1S/C13H17N5/c1-2-10-8-12(10)14-9-13-15-16-17-18(13)11-6-4-3-5-7-11/h3-7,10,12,14H,2,8-9H2,1H3. The topological polar surface area (TPSA) is 55.6 Å². The monoisotopic (exact) mass is 243 g/mol. The number of rotatable bonds is 5. The van der Waals surface area contributed by atoms with Gasteiger partial charge in [0.2, 0.25) is 0 Å². The molecule has 1 saturated carbocycles. The van der Waals surface area contributed by atoms with Gasteiger partial charge in [0.05, 0.1) is 12.2 Å². The van der Waals surface area contributed by atoms with Crippen LogP contribution < -0.4 is 5.32 Å². The van der Waals surface area contributed by atoms with Crippen molar-refractivity contribution in [1.29, 1.82) is 0 Å². The van der Waals surface area contributed by atoms with Crippen molar-refractivity contribution < 1.29 is 0 Å². The van der Waals surface area contributed by atoms with Crippen LogP contribution in [0.4, 0.5) is 0 Å². The van der Waals surface area contributed by atoms with Crippen LogP contribution in [-0.2, 0) is 6.54 Å². The first-order chi connectivity index (χ1) is 8.88. The van der Waals surface area contributed by atoms with Crippen molar-refractivity contribution in [3.63, 3.8) is 0 Å². The highest BCUT2D eigenvalue weighted by atomic mass is 15.5. The first-order valence-corrected chi connectivity index (χ1v) is 6.44. The molecule has 1 fully saturated rings. The normalized spacial score (nSPS) is 22.1. The minimum atomic E-state index is 0.649. The molecule has 1 N–H and O–H groups in total. The van der Waals surface area contributed by atoms with E-state index in [1.807, 2.05) is 30.3 Å². The van der Waals surface area contributed by atoms with Crippen LogP contribution in [-0.4, -0.2) is 26.2 Å². The Morgan fingerprint density at radius 3 is 2.89 bits per heavy atom. The predicted octanol–water partition coefficient (Wildman–Crippen LogP) is 1.55. The highest BCUT2D eigenvalue weighted by molar-refractivity contribution is 5.30. The summed E-state index contributed by atoms with van der Waals surface area (Å²) in [6.45, 7) is 2.96. The molecule has 1 heterocycles. The largest absolute Gasteiger partial charge is 0.307 e. The number of benzene rings is 1. The molecule has 18 heavy (non-hydrogen) atoms. The fourth-order valence-electron chi connectivity index (χ4n) is 2.26. The molecule has 1 aromatic heterocycles. The summed E-state index contributed by atoms with van der Waals surface area (Å²) >= 11 is 0. The maximum absolute atomic E-state index is 4.08. The molecule has 0 amide bonds. The molecule has 0 radical (unpaired) electrons. The van der Waals surface area contributed by atoms with Crippen LogP contribution in [0.1, 0.15) is 25.6 Å². The summed E-state index contributed by atoms with van der Waals surface area (Å²) in [5, 5.41) is 15.4. The van der Waals surface area contributed by atoms with E-state index in [-0.39, 0.29) is 0 Å². The van der Waals surface area contributed by atoms with Crippen LogP contribution in [0.3, 0.4) is 0 Å². The molecule has 0 spiro atoms. The van der Waals surface area contributed by atoms with Gasteiger partial charge in [0.1, 0.15) is 0 Å². The second kappa shape index (κ2) is 4.86. The molecule has 0 aliphatic heterocycles. The molecule has 0 saturated heterocycles. The summed E-state index contributed by atoms with van der Waals surface area (Å²) < 4.78 is 1.79. The van der Waals surface area contributed by atoms with Crippen LogP contribution in [0.25, 0.3) is 5.69 Å². The Hall–Kier alpha value is -1.75. The molecule has 5 nitrogen and oxygen atoms in total. The smallest absolute Gasteiger partial charge is 0.170 e. The Balaban J connectivity index is 1.68. The van der Waals surface area contributed by atoms with E-state index in [9.17, 15) is 0 Å². The van der Waals surface area contributed by atoms with Crippen molar-refractivity contribution in [1.82, 2.24) is 25.5 Å². The van der Waals surface area contributed by atoms with Gasteiger partial charge in [-0.05, 0) is 34.9 Å². The molecular weight excluding hydrogens is 226 g/mol. The van der Waals surface area contributed by atoms with Crippen molar-refractivity contribution in [3.8, 4) is 5.69 Å². The third-order valence-corrected chi connectivity index (χ3v) is 3.50. The number of aromatic nitrogens is 4. The van der Waals surface area contributed by atoms with Gasteiger partial charge in [-0.2, -0.15) is 4.68 Å². The molecule has 94 valence electrons. The fraction of sp³-hybridized carbons (Fsp3) is 0.462. The predicted molar refractivity (Wildman–Crippen MR) is 68.2 cm³/mol. The van der Waals surface area contributed by atoms with Crippen molar-refractivity contribution in [2.45, 2.75) is 32.4 Å². The van der Waals surface area contributed by atoms with E-state index < -0.39 is 0 Å². The lowest BCUT2D eigenvalue weighted by Crippen LogP contribution is -2.20. The van der Waals surface area contributed by atoms with E-state index in [1.165, 1.54) is 12.8 Å². The van der Waals surface area contributed by atoms with Gasteiger partial charge in [-0.3, -0.25) is 0 Å².